The fourth-order valence-corrected chi connectivity index (χ4v) is 2.17. The summed E-state index contributed by atoms with van der Waals surface area (Å²) in [4.78, 5) is 16.0. The van der Waals surface area contributed by atoms with E-state index in [-0.39, 0.29) is 11.8 Å². The number of benzene rings is 2. The molecule has 2 N–H and O–H groups in total. The Kier molecular flexibility index (Phi) is 4.94. The summed E-state index contributed by atoms with van der Waals surface area (Å²) in [6.07, 6.45) is 3.48. The second-order valence-corrected chi connectivity index (χ2v) is 5.35. The molecule has 0 aliphatic carbocycles. The Hall–Kier alpha value is -3.35. The van der Waals surface area contributed by atoms with Crippen LogP contribution in [0, 0.1) is 5.82 Å². The zero-order valence-corrected chi connectivity index (χ0v) is 13.6. The molecule has 0 aliphatic rings. The number of ether oxygens (including phenoxy) is 1. The van der Waals surface area contributed by atoms with Crippen molar-refractivity contribution >= 4 is 11.7 Å². The van der Waals surface area contributed by atoms with E-state index in [1.807, 2.05) is 17.8 Å². The molecule has 6 nitrogen and oxygen atoms in total. The Balaban J connectivity index is 1.53. The molecule has 1 heterocycles. The number of carbonyl (C=O) groups excluding carboxylic acids is 1. The second-order valence-electron chi connectivity index (χ2n) is 5.35. The number of nitrogens with one attached hydrogen (secondary N) is 2. The number of rotatable bonds is 5. The van der Waals surface area contributed by atoms with Crippen molar-refractivity contribution in [2.24, 2.45) is 7.05 Å². The molecule has 0 saturated carbocycles. The highest BCUT2D eigenvalue weighted by Gasteiger charge is 2.05. The van der Waals surface area contributed by atoms with Crippen LogP contribution in [0.5, 0.6) is 11.5 Å². The van der Waals surface area contributed by atoms with E-state index < -0.39 is 0 Å². The lowest BCUT2D eigenvalue weighted by Gasteiger charge is -2.09. The Morgan fingerprint density at radius 2 is 2.00 bits per heavy atom. The summed E-state index contributed by atoms with van der Waals surface area (Å²) in [7, 11) is 1.86. The number of urea groups is 1. The molecule has 3 rings (SSSR count). The number of amides is 2. The molecular formula is C18H17FN4O2. The van der Waals surface area contributed by atoms with Gasteiger partial charge < -0.3 is 19.9 Å². The molecule has 0 bridgehead atoms. The third-order valence-corrected chi connectivity index (χ3v) is 3.47. The molecule has 2 aromatic carbocycles. The maximum Gasteiger partial charge on any atom is 0.319 e. The van der Waals surface area contributed by atoms with Gasteiger partial charge in [0.15, 0.2) is 0 Å². The normalized spacial score (nSPS) is 10.3. The van der Waals surface area contributed by atoms with E-state index in [1.165, 1.54) is 12.1 Å². The monoisotopic (exact) mass is 340 g/mol. The molecule has 0 atom stereocenters. The van der Waals surface area contributed by atoms with E-state index in [2.05, 4.69) is 15.6 Å². The van der Waals surface area contributed by atoms with Crippen LogP contribution < -0.4 is 15.4 Å². The Morgan fingerprint density at radius 1 is 1.20 bits per heavy atom. The second kappa shape index (κ2) is 7.48. The van der Waals surface area contributed by atoms with Crippen molar-refractivity contribution in [3.8, 4) is 11.5 Å². The van der Waals surface area contributed by atoms with Crippen molar-refractivity contribution in [3.05, 3.63) is 72.6 Å². The predicted octanol–water partition coefficient (Wildman–Crippen LogP) is 3.67. The topological polar surface area (TPSA) is 68.2 Å². The third kappa shape index (κ3) is 4.57. The lowest BCUT2D eigenvalue weighted by atomic mass is 10.3. The number of nitrogens with zero attached hydrogens (tertiary/aromatic N) is 2. The number of carbonyl (C=O) groups is 1. The first kappa shape index (κ1) is 16.5. The first-order chi connectivity index (χ1) is 12.1. The lowest BCUT2D eigenvalue weighted by Crippen LogP contribution is -2.29. The fraction of sp³-hybridized carbons (Fsp3) is 0.111. The standard InChI is InChI=1S/C18H17FN4O2/c1-23-10-9-20-17(23)12-21-18(24)22-14-5-7-15(8-6-14)25-16-4-2-3-13(19)11-16/h2-11H,12H2,1H3,(H2,21,22,24). The van der Waals surface area contributed by atoms with Crippen LogP contribution in [0.4, 0.5) is 14.9 Å². The van der Waals surface area contributed by atoms with Crippen LogP contribution in [0.2, 0.25) is 0 Å². The SMILES string of the molecule is Cn1ccnc1CNC(=O)Nc1ccc(Oc2cccc(F)c2)cc1. The summed E-state index contributed by atoms with van der Waals surface area (Å²) < 4.78 is 20.5. The van der Waals surface area contributed by atoms with E-state index in [4.69, 9.17) is 4.74 Å². The molecule has 7 heteroatoms. The summed E-state index contributed by atoms with van der Waals surface area (Å²) in [5.74, 6) is 1.35. The molecule has 0 radical (unpaired) electrons. The molecule has 1 aromatic heterocycles. The smallest absolute Gasteiger partial charge is 0.319 e. The molecule has 0 unspecified atom stereocenters. The van der Waals surface area contributed by atoms with Gasteiger partial charge in [-0.1, -0.05) is 6.07 Å². The highest BCUT2D eigenvalue weighted by atomic mass is 19.1. The van der Waals surface area contributed by atoms with E-state index in [9.17, 15) is 9.18 Å². The fourth-order valence-electron chi connectivity index (χ4n) is 2.17. The van der Waals surface area contributed by atoms with Crippen LogP contribution in [0.1, 0.15) is 5.82 Å². The van der Waals surface area contributed by atoms with Crippen molar-refractivity contribution in [2.75, 3.05) is 5.32 Å². The van der Waals surface area contributed by atoms with Gasteiger partial charge in [0.25, 0.3) is 0 Å². The van der Waals surface area contributed by atoms with E-state index >= 15 is 0 Å². The van der Waals surface area contributed by atoms with Crippen LogP contribution in [-0.4, -0.2) is 15.6 Å². The van der Waals surface area contributed by atoms with E-state index in [1.54, 1.807) is 42.6 Å². The maximum absolute atomic E-state index is 13.1. The van der Waals surface area contributed by atoms with Gasteiger partial charge in [-0.25, -0.2) is 14.2 Å². The number of aryl methyl sites for hydroxylation is 1. The quantitative estimate of drug-likeness (QED) is 0.744. The van der Waals surface area contributed by atoms with Crippen molar-refractivity contribution in [1.82, 2.24) is 14.9 Å². The zero-order chi connectivity index (χ0) is 17.6. The Morgan fingerprint density at radius 3 is 2.68 bits per heavy atom. The first-order valence-electron chi connectivity index (χ1n) is 7.65. The summed E-state index contributed by atoms with van der Waals surface area (Å²) in [5, 5.41) is 5.45. The van der Waals surface area contributed by atoms with Crippen LogP contribution in [0.3, 0.4) is 0 Å². The van der Waals surface area contributed by atoms with Gasteiger partial charge in [0.1, 0.15) is 23.1 Å². The van der Waals surface area contributed by atoms with Crippen LogP contribution in [0.25, 0.3) is 0 Å². The van der Waals surface area contributed by atoms with Gasteiger partial charge in [-0.2, -0.15) is 0 Å². The van der Waals surface area contributed by atoms with Gasteiger partial charge in [0.2, 0.25) is 0 Å². The summed E-state index contributed by atoms with van der Waals surface area (Å²) in [6.45, 7) is 0.329. The minimum Gasteiger partial charge on any atom is -0.457 e. The molecule has 0 aliphatic heterocycles. The summed E-state index contributed by atoms with van der Waals surface area (Å²) in [6, 6.07) is 12.4. The van der Waals surface area contributed by atoms with Gasteiger partial charge >= 0.3 is 6.03 Å². The Labute approximate surface area is 144 Å². The molecular weight excluding hydrogens is 323 g/mol. The number of hydrogen-bond acceptors (Lipinski definition) is 3. The number of halogens is 1. The van der Waals surface area contributed by atoms with Gasteiger partial charge in [-0.3, -0.25) is 0 Å². The van der Waals surface area contributed by atoms with Gasteiger partial charge in [0.05, 0.1) is 6.54 Å². The van der Waals surface area contributed by atoms with Crippen LogP contribution in [-0.2, 0) is 13.6 Å². The highest BCUT2D eigenvalue weighted by molar-refractivity contribution is 5.89. The first-order valence-corrected chi connectivity index (χ1v) is 7.65. The van der Waals surface area contributed by atoms with Crippen molar-refractivity contribution < 1.29 is 13.9 Å². The predicted molar refractivity (Wildman–Crippen MR) is 92.0 cm³/mol. The van der Waals surface area contributed by atoms with Crippen molar-refractivity contribution in [2.45, 2.75) is 6.54 Å². The molecule has 3 aromatic rings. The maximum atomic E-state index is 13.1. The summed E-state index contributed by atoms with van der Waals surface area (Å²) >= 11 is 0. The molecule has 0 fully saturated rings. The number of aromatic nitrogens is 2. The van der Waals surface area contributed by atoms with Gasteiger partial charge in [0, 0.05) is 31.2 Å². The molecule has 128 valence electrons. The average molecular weight is 340 g/mol. The number of hydrogen-bond donors (Lipinski definition) is 2. The van der Waals surface area contributed by atoms with Crippen molar-refractivity contribution in [1.29, 1.82) is 0 Å². The van der Waals surface area contributed by atoms with Gasteiger partial charge in [-0.15, -0.1) is 0 Å². The molecule has 0 saturated heterocycles. The van der Waals surface area contributed by atoms with Crippen LogP contribution >= 0.6 is 0 Å². The third-order valence-electron chi connectivity index (χ3n) is 3.47. The van der Waals surface area contributed by atoms with Crippen LogP contribution in [0.15, 0.2) is 60.9 Å². The minimum atomic E-state index is -0.361. The molecule has 2 amide bonds. The lowest BCUT2D eigenvalue weighted by molar-refractivity contribution is 0.251. The number of imidazole rings is 1. The van der Waals surface area contributed by atoms with Crippen molar-refractivity contribution in [3.63, 3.8) is 0 Å². The highest BCUT2D eigenvalue weighted by Crippen LogP contribution is 2.23. The average Bonchev–Trinajstić information content (AvgIpc) is 3.00. The molecule has 0 spiro atoms. The molecule has 25 heavy (non-hydrogen) atoms. The zero-order valence-electron chi connectivity index (χ0n) is 13.6. The van der Waals surface area contributed by atoms with E-state index in [0.29, 0.717) is 23.7 Å². The summed E-state index contributed by atoms with van der Waals surface area (Å²) in [5.41, 5.74) is 0.615. The number of anilines is 1. The largest absolute Gasteiger partial charge is 0.457 e. The Bertz CT molecular complexity index is 862. The van der Waals surface area contributed by atoms with E-state index in [0.717, 1.165) is 5.82 Å². The minimum absolute atomic E-state index is 0.329. The van der Waals surface area contributed by atoms with Gasteiger partial charge in [-0.05, 0) is 36.4 Å².